The van der Waals surface area contributed by atoms with Gasteiger partial charge in [0.15, 0.2) is 5.82 Å². The fourth-order valence-electron chi connectivity index (χ4n) is 9.65. The number of fused-ring (bicyclic) bond motifs is 10. The van der Waals surface area contributed by atoms with Gasteiger partial charge in [0.1, 0.15) is 0 Å². The molecule has 10 aromatic rings. The number of hydrogen-bond donors (Lipinski definition) is 0. The van der Waals surface area contributed by atoms with E-state index in [0.29, 0.717) is 11.4 Å². The molecule has 0 unspecified atom stereocenters. The molecule has 0 atom stereocenters. The lowest BCUT2D eigenvalue weighted by atomic mass is 9.67. The number of aromatic nitrogens is 2. The van der Waals surface area contributed by atoms with Gasteiger partial charge in [0, 0.05) is 26.5 Å². The Morgan fingerprint density at radius 3 is 1.47 bits per heavy atom. The second-order valence-electron chi connectivity index (χ2n) is 16.0. The Labute approximate surface area is 364 Å². The predicted molar refractivity (Wildman–Crippen MR) is 253 cm³/mol. The van der Waals surface area contributed by atoms with E-state index in [9.17, 15) is 5.26 Å². The Kier molecular flexibility index (Phi) is 8.38. The molecule has 4 heteroatoms. The van der Waals surface area contributed by atoms with E-state index in [4.69, 9.17) is 9.97 Å². The van der Waals surface area contributed by atoms with E-state index in [1.165, 1.54) is 54.3 Å². The van der Waals surface area contributed by atoms with Crippen molar-refractivity contribution in [1.29, 1.82) is 5.26 Å². The molecule has 288 valence electrons. The van der Waals surface area contributed by atoms with Crippen molar-refractivity contribution in [3.8, 4) is 73.4 Å². The SMILES string of the molecule is N#Cc1ccc2cc(-c3ccc4c(c3)C3(c5ccccc5Sc5ccccc53)c3cc(-c5ccc(-c6cc(-c7ccccc7)nc(-c7ccccc7)n6)cc5)ccc3-4)ccc2c1. The second-order valence-corrected chi connectivity index (χ2v) is 17.1. The van der Waals surface area contributed by atoms with Gasteiger partial charge in [0.05, 0.1) is 28.4 Å². The molecule has 3 nitrogen and oxygen atoms in total. The van der Waals surface area contributed by atoms with Gasteiger partial charge in [0.2, 0.25) is 0 Å². The van der Waals surface area contributed by atoms with Crippen molar-refractivity contribution in [2.45, 2.75) is 15.2 Å². The average molecular weight is 806 g/mol. The van der Waals surface area contributed by atoms with Crippen molar-refractivity contribution in [1.82, 2.24) is 9.97 Å². The quantitative estimate of drug-likeness (QED) is 0.174. The lowest BCUT2D eigenvalue weighted by molar-refractivity contribution is 0.723. The summed E-state index contributed by atoms with van der Waals surface area (Å²) in [7, 11) is 0. The third kappa shape index (κ3) is 5.74. The van der Waals surface area contributed by atoms with Crippen LogP contribution < -0.4 is 0 Å². The van der Waals surface area contributed by atoms with Gasteiger partial charge in [-0.25, -0.2) is 9.97 Å². The monoisotopic (exact) mass is 805 g/mol. The molecule has 2 aliphatic rings. The van der Waals surface area contributed by atoms with E-state index in [-0.39, 0.29) is 0 Å². The molecule has 1 spiro atoms. The van der Waals surface area contributed by atoms with Gasteiger partial charge in [-0.15, -0.1) is 0 Å². The van der Waals surface area contributed by atoms with Crippen LogP contribution in [0.5, 0.6) is 0 Å². The summed E-state index contributed by atoms with van der Waals surface area (Å²) in [6.07, 6.45) is 0. The molecule has 9 aromatic carbocycles. The van der Waals surface area contributed by atoms with E-state index in [1.54, 1.807) is 0 Å². The minimum atomic E-state index is -0.532. The zero-order valence-electron chi connectivity index (χ0n) is 33.5. The molecule has 62 heavy (non-hydrogen) atoms. The van der Waals surface area contributed by atoms with Crippen molar-refractivity contribution < 1.29 is 0 Å². The van der Waals surface area contributed by atoms with Crippen LogP contribution in [0.25, 0.3) is 78.1 Å². The summed E-state index contributed by atoms with van der Waals surface area (Å²) in [5.41, 5.74) is 17.4. The van der Waals surface area contributed by atoms with Crippen molar-refractivity contribution >= 4 is 22.5 Å². The molecule has 1 aliphatic carbocycles. The third-order valence-electron chi connectivity index (χ3n) is 12.6. The fourth-order valence-corrected chi connectivity index (χ4v) is 10.8. The zero-order chi connectivity index (χ0) is 41.2. The molecule has 0 radical (unpaired) electrons. The first kappa shape index (κ1) is 36.0. The largest absolute Gasteiger partial charge is 0.228 e. The molecule has 2 heterocycles. The highest BCUT2D eigenvalue weighted by Crippen LogP contribution is 2.63. The Morgan fingerprint density at radius 2 is 0.839 bits per heavy atom. The predicted octanol–water partition coefficient (Wildman–Crippen LogP) is 14.7. The first-order valence-electron chi connectivity index (χ1n) is 20.9. The highest BCUT2D eigenvalue weighted by atomic mass is 32.2. The highest BCUT2D eigenvalue weighted by Gasteiger charge is 2.50. The van der Waals surface area contributed by atoms with Crippen LogP contribution in [0.4, 0.5) is 0 Å². The standard InChI is InChI=1S/C58H35N3S/c59-36-37-19-20-43-32-44(26-25-42(43)31-37)46-28-30-48-47-29-27-45(33-51(47)58(52(48)34-46)49-15-7-9-17-55(49)62-56-18-10-8-16-50(56)58)38-21-23-40(24-22-38)54-35-53(39-11-3-1-4-12-39)60-57(61-54)41-13-5-2-6-14-41/h1-35H. The van der Waals surface area contributed by atoms with Crippen LogP contribution in [0.15, 0.2) is 222 Å². The van der Waals surface area contributed by atoms with Crippen LogP contribution in [-0.2, 0) is 5.41 Å². The Balaban J connectivity index is 1.00. The lowest BCUT2D eigenvalue weighted by Gasteiger charge is -2.40. The molecule has 1 aliphatic heterocycles. The van der Waals surface area contributed by atoms with Crippen LogP contribution in [-0.4, -0.2) is 9.97 Å². The second kappa shape index (κ2) is 14.4. The molecule has 0 bridgehead atoms. The van der Waals surface area contributed by atoms with E-state index in [2.05, 4.69) is 170 Å². The molecule has 12 rings (SSSR count). The number of benzene rings is 9. The lowest BCUT2D eigenvalue weighted by Crippen LogP contribution is -2.32. The smallest absolute Gasteiger partial charge is 0.160 e. The van der Waals surface area contributed by atoms with E-state index in [0.717, 1.165) is 50.0 Å². The van der Waals surface area contributed by atoms with Crippen LogP contribution >= 0.6 is 11.8 Å². The van der Waals surface area contributed by atoms with Crippen molar-refractivity contribution in [3.05, 3.63) is 240 Å². The minimum Gasteiger partial charge on any atom is -0.228 e. The first-order chi connectivity index (χ1) is 30.6. The number of nitriles is 1. The van der Waals surface area contributed by atoms with Gasteiger partial charge in [-0.05, 0) is 115 Å². The molecular formula is C58H35N3S. The maximum atomic E-state index is 9.52. The number of rotatable bonds is 5. The number of nitrogens with zero attached hydrogens (tertiary/aromatic N) is 3. The summed E-state index contributed by atoms with van der Waals surface area (Å²) in [5, 5.41) is 11.7. The van der Waals surface area contributed by atoms with Crippen LogP contribution in [0, 0.1) is 11.3 Å². The molecule has 0 N–H and O–H groups in total. The van der Waals surface area contributed by atoms with E-state index >= 15 is 0 Å². The van der Waals surface area contributed by atoms with Crippen LogP contribution in [0.1, 0.15) is 27.8 Å². The zero-order valence-corrected chi connectivity index (χ0v) is 34.3. The molecule has 0 amide bonds. The van der Waals surface area contributed by atoms with Gasteiger partial charge in [-0.3, -0.25) is 0 Å². The van der Waals surface area contributed by atoms with Gasteiger partial charge >= 0.3 is 0 Å². The third-order valence-corrected chi connectivity index (χ3v) is 13.7. The molecule has 0 saturated heterocycles. The summed E-state index contributed by atoms with van der Waals surface area (Å²) in [4.78, 5) is 12.7. The van der Waals surface area contributed by atoms with Crippen LogP contribution in [0.3, 0.4) is 0 Å². The summed E-state index contributed by atoms with van der Waals surface area (Å²) < 4.78 is 0. The summed E-state index contributed by atoms with van der Waals surface area (Å²) in [6, 6.07) is 78.3. The van der Waals surface area contributed by atoms with E-state index < -0.39 is 5.41 Å². The van der Waals surface area contributed by atoms with Gasteiger partial charge in [-0.1, -0.05) is 176 Å². The first-order valence-corrected chi connectivity index (χ1v) is 21.7. The normalized spacial score (nSPS) is 12.9. The average Bonchev–Trinajstić information content (AvgIpc) is 3.63. The topological polar surface area (TPSA) is 49.6 Å². The Hall–Kier alpha value is -7.84. The van der Waals surface area contributed by atoms with Gasteiger partial charge in [-0.2, -0.15) is 5.26 Å². The van der Waals surface area contributed by atoms with Crippen molar-refractivity contribution in [3.63, 3.8) is 0 Å². The molecular weight excluding hydrogens is 771 g/mol. The van der Waals surface area contributed by atoms with Crippen LogP contribution in [0.2, 0.25) is 0 Å². The fraction of sp³-hybridized carbons (Fsp3) is 0.0172. The van der Waals surface area contributed by atoms with E-state index in [1.807, 2.05) is 60.3 Å². The maximum absolute atomic E-state index is 9.52. The van der Waals surface area contributed by atoms with Gasteiger partial charge in [0.25, 0.3) is 0 Å². The van der Waals surface area contributed by atoms with Crippen molar-refractivity contribution in [2.24, 2.45) is 0 Å². The van der Waals surface area contributed by atoms with Crippen molar-refractivity contribution in [2.75, 3.05) is 0 Å². The summed E-state index contributed by atoms with van der Waals surface area (Å²) in [5.74, 6) is 0.707. The molecule has 0 fully saturated rings. The Bertz CT molecular complexity index is 3340. The van der Waals surface area contributed by atoms with Gasteiger partial charge < -0.3 is 0 Å². The molecule has 0 saturated carbocycles. The summed E-state index contributed by atoms with van der Waals surface area (Å²) >= 11 is 1.86. The molecule has 1 aromatic heterocycles. The highest BCUT2D eigenvalue weighted by molar-refractivity contribution is 7.99. The maximum Gasteiger partial charge on any atom is 0.160 e. The minimum absolute atomic E-state index is 0.532. The summed E-state index contributed by atoms with van der Waals surface area (Å²) in [6.45, 7) is 0. The Morgan fingerprint density at radius 1 is 0.371 bits per heavy atom. The number of hydrogen-bond acceptors (Lipinski definition) is 4.